The second kappa shape index (κ2) is 7.56. The topological polar surface area (TPSA) is 70.8 Å². The predicted molar refractivity (Wildman–Crippen MR) is 87.6 cm³/mol. The molecule has 0 radical (unpaired) electrons. The molecule has 0 saturated heterocycles. The quantitative estimate of drug-likeness (QED) is 0.676. The van der Waals surface area contributed by atoms with E-state index in [1.165, 1.54) is 21.3 Å². The molecule has 2 aromatic rings. The van der Waals surface area contributed by atoms with Gasteiger partial charge in [0.1, 0.15) is 0 Å². The number of carbonyl (C=O) groups excluding carboxylic acids is 1. The van der Waals surface area contributed by atoms with Crippen LogP contribution < -0.4 is 19.9 Å². The molecule has 0 aliphatic rings. The molecule has 0 unspecified atom stereocenters. The number of para-hydroxylation sites is 1. The molecule has 0 fully saturated rings. The Labute approximate surface area is 135 Å². The second-order valence-electron chi connectivity index (χ2n) is 4.33. The Morgan fingerprint density at radius 2 is 1.50 bits per heavy atom. The largest absolute Gasteiger partial charge is 0.493 e. The van der Waals surface area contributed by atoms with E-state index in [0.717, 1.165) is 0 Å². The third kappa shape index (κ3) is 3.26. The van der Waals surface area contributed by atoms with Crippen molar-refractivity contribution in [2.75, 3.05) is 27.1 Å². The summed E-state index contributed by atoms with van der Waals surface area (Å²) in [4.78, 5) is 12.6. The van der Waals surface area contributed by atoms with Crippen molar-refractivity contribution in [3.8, 4) is 17.2 Å². The minimum Gasteiger partial charge on any atom is -0.493 e. The highest BCUT2D eigenvalue weighted by atomic mass is 35.5. The first-order valence-electron chi connectivity index (χ1n) is 6.31. The number of hydrogen-bond donors (Lipinski definition) is 1. The van der Waals surface area contributed by atoms with Crippen molar-refractivity contribution in [3.05, 3.63) is 47.5 Å². The molecule has 2 aromatic carbocycles. The standard InChI is InChI=1S/C16H17NO4.ClH/c1-19-13-8-10(9-14(20-2)16(13)21-3)15(18)11-6-4-5-7-12(11)17;/h4-9H,17H2,1-3H3;1H. The summed E-state index contributed by atoms with van der Waals surface area (Å²) in [5.41, 5.74) is 7.13. The number of nitrogens with two attached hydrogens (primary N) is 1. The van der Waals surface area contributed by atoms with Gasteiger partial charge in [0.2, 0.25) is 5.75 Å². The molecular formula is C16H18ClNO4. The molecule has 0 spiro atoms. The van der Waals surface area contributed by atoms with Crippen LogP contribution in [0.5, 0.6) is 17.2 Å². The van der Waals surface area contributed by atoms with E-state index in [9.17, 15) is 4.79 Å². The first kappa shape index (κ1) is 17.7. The van der Waals surface area contributed by atoms with Gasteiger partial charge in [-0.1, -0.05) is 12.1 Å². The van der Waals surface area contributed by atoms with E-state index in [4.69, 9.17) is 19.9 Å². The van der Waals surface area contributed by atoms with Crippen LogP contribution in [0.4, 0.5) is 5.69 Å². The van der Waals surface area contributed by atoms with Gasteiger partial charge >= 0.3 is 0 Å². The summed E-state index contributed by atoms with van der Waals surface area (Å²) < 4.78 is 15.7. The number of anilines is 1. The fourth-order valence-corrected chi connectivity index (χ4v) is 2.07. The zero-order chi connectivity index (χ0) is 15.4. The molecule has 0 aliphatic heterocycles. The highest BCUT2D eigenvalue weighted by Crippen LogP contribution is 2.38. The Kier molecular flexibility index (Phi) is 6.07. The van der Waals surface area contributed by atoms with Crippen molar-refractivity contribution < 1.29 is 19.0 Å². The van der Waals surface area contributed by atoms with Crippen LogP contribution >= 0.6 is 12.4 Å². The molecular weight excluding hydrogens is 306 g/mol. The van der Waals surface area contributed by atoms with E-state index in [-0.39, 0.29) is 18.2 Å². The summed E-state index contributed by atoms with van der Waals surface area (Å²) in [5.74, 6) is 1.09. The molecule has 0 aliphatic carbocycles. The minimum atomic E-state index is -0.202. The Bertz CT molecular complexity index is 648. The third-order valence-electron chi connectivity index (χ3n) is 3.13. The van der Waals surface area contributed by atoms with E-state index in [2.05, 4.69) is 0 Å². The molecule has 0 amide bonds. The molecule has 0 aromatic heterocycles. The molecule has 0 atom stereocenters. The van der Waals surface area contributed by atoms with E-state index >= 15 is 0 Å². The number of carbonyl (C=O) groups is 1. The fourth-order valence-electron chi connectivity index (χ4n) is 2.07. The number of nitrogen functional groups attached to an aromatic ring is 1. The molecule has 118 valence electrons. The molecule has 6 heteroatoms. The van der Waals surface area contributed by atoms with Crippen LogP contribution in [0.2, 0.25) is 0 Å². The highest BCUT2D eigenvalue weighted by Gasteiger charge is 2.19. The zero-order valence-electron chi connectivity index (χ0n) is 12.6. The fraction of sp³-hybridized carbons (Fsp3) is 0.188. The number of halogens is 1. The van der Waals surface area contributed by atoms with E-state index in [1.54, 1.807) is 36.4 Å². The van der Waals surface area contributed by atoms with E-state index in [0.29, 0.717) is 34.1 Å². The molecule has 0 bridgehead atoms. The van der Waals surface area contributed by atoms with Gasteiger partial charge in [0, 0.05) is 16.8 Å². The SMILES string of the molecule is COc1cc(C(=O)c2ccccc2N)cc(OC)c1OC.Cl. The van der Waals surface area contributed by atoms with Crippen molar-refractivity contribution in [3.63, 3.8) is 0 Å². The maximum Gasteiger partial charge on any atom is 0.203 e. The maximum atomic E-state index is 12.6. The van der Waals surface area contributed by atoms with E-state index < -0.39 is 0 Å². The lowest BCUT2D eigenvalue weighted by Crippen LogP contribution is -2.06. The minimum absolute atomic E-state index is 0. The van der Waals surface area contributed by atoms with Crippen LogP contribution in [0, 0.1) is 0 Å². The molecule has 5 nitrogen and oxygen atoms in total. The van der Waals surface area contributed by atoms with Crippen molar-refractivity contribution in [2.45, 2.75) is 0 Å². The van der Waals surface area contributed by atoms with Gasteiger partial charge in [-0.3, -0.25) is 4.79 Å². The third-order valence-corrected chi connectivity index (χ3v) is 3.13. The summed E-state index contributed by atoms with van der Waals surface area (Å²) >= 11 is 0. The van der Waals surface area contributed by atoms with Gasteiger partial charge in [0.25, 0.3) is 0 Å². The van der Waals surface area contributed by atoms with Crippen LogP contribution in [-0.4, -0.2) is 27.1 Å². The van der Waals surface area contributed by atoms with Crippen LogP contribution in [0.25, 0.3) is 0 Å². The number of ether oxygens (including phenoxy) is 3. The zero-order valence-corrected chi connectivity index (χ0v) is 13.4. The van der Waals surface area contributed by atoms with Gasteiger partial charge in [-0.2, -0.15) is 0 Å². The van der Waals surface area contributed by atoms with Crippen molar-refractivity contribution in [2.24, 2.45) is 0 Å². The van der Waals surface area contributed by atoms with Gasteiger partial charge in [-0.05, 0) is 24.3 Å². The number of rotatable bonds is 5. The normalized spacial score (nSPS) is 9.59. The first-order chi connectivity index (χ1) is 10.1. The van der Waals surface area contributed by atoms with Gasteiger partial charge < -0.3 is 19.9 Å². The van der Waals surface area contributed by atoms with Crippen molar-refractivity contribution in [1.29, 1.82) is 0 Å². The van der Waals surface area contributed by atoms with Gasteiger partial charge in [-0.25, -0.2) is 0 Å². The molecule has 0 heterocycles. The van der Waals surface area contributed by atoms with Crippen molar-refractivity contribution >= 4 is 23.9 Å². The Balaban J connectivity index is 0.00000242. The number of hydrogen-bond acceptors (Lipinski definition) is 5. The van der Waals surface area contributed by atoms with Gasteiger partial charge in [0.05, 0.1) is 21.3 Å². The Morgan fingerprint density at radius 1 is 0.955 bits per heavy atom. The van der Waals surface area contributed by atoms with Gasteiger partial charge in [0.15, 0.2) is 17.3 Å². The van der Waals surface area contributed by atoms with Crippen molar-refractivity contribution in [1.82, 2.24) is 0 Å². The first-order valence-corrected chi connectivity index (χ1v) is 6.31. The molecule has 22 heavy (non-hydrogen) atoms. The summed E-state index contributed by atoms with van der Waals surface area (Å²) in [7, 11) is 4.52. The molecule has 0 saturated carbocycles. The lowest BCUT2D eigenvalue weighted by molar-refractivity contribution is 0.103. The van der Waals surface area contributed by atoms with Crippen LogP contribution in [0.3, 0.4) is 0 Å². The number of ketones is 1. The predicted octanol–water partition coefficient (Wildman–Crippen LogP) is 2.95. The summed E-state index contributed by atoms with van der Waals surface area (Å²) in [6.07, 6.45) is 0. The molecule has 2 N–H and O–H groups in total. The second-order valence-corrected chi connectivity index (χ2v) is 4.33. The maximum absolute atomic E-state index is 12.6. The smallest absolute Gasteiger partial charge is 0.203 e. The summed E-state index contributed by atoms with van der Waals surface area (Å²) in [6.45, 7) is 0. The lowest BCUT2D eigenvalue weighted by atomic mass is 10.0. The number of methoxy groups -OCH3 is 3. The summed E-state index contributed by atoms with van der Waals surface area (Å²) in [5, 5.41) is 0. The average molecular weight is 324 g/mol. The Morgan fingerprint density at radius 3 is 1.95 bits per heavy atom. The average Bonchev–Trinajstić information content (AvgIpc) is 2.53. The summed E-state index contributed by atoms with van der Waals surface area (Å²) in [6, 6.07) is 10.1. The number of benzene rings is 2. The Hall–Kier alpha value is -2.40. The van der Waals surface area contributed by atoms with Crippen LogP contribution in [0.1, 0.15) is 15.9 Å². The van der Waals surface area contributed by atoms with Gasteiger partial charge in [-0.15, -0.1) is 12.4 Å². The monoisotopic (exact) mass is 323 g/mol. The lowest BCUT2D eigenvalue weighted by Gasteiger charge is -2.14. The van der Waals surface area contributed by atoms with Crippen LogP contribution in [-0.2, 0) is 0 Å². The van der Waals surface area contributed by atoms with E-state index in [1.807, 2.05) is 0 Å². The van der Waals surface area contributed by atoms with Crippen LogP contribution in [0.15, 0.2) is 36.4 Å². The molecule has 2 rings (SSSR count). The highest BCUT2D eigenvalue weighted by molar-refractivity contribution is 6.12.